The number of carbonyl (C=O) groups excluding carboxylic acids is 2. The summed E-state index contributed by atoms with van der Waals surface area (Å²) in [5.41, 5.74) is 2.41. The summed E-state index contributed by atoms with van der Waals surface area (Å²) >= 11 is 7.04. The summed E-state index contributed by atoms with van der Waals surface area (Å²) < 4.78 is 0. The number of thioether (sulfide) groups is 1. The molecule has 26 heavy (non-hydrogen) atoms. The van der Waals surface area contributed by atoms with E-state index in [0.717, 1.165) is 5.69 Å². The van der Waals surface area contributed by atoms with Crippen LogP contribution in [0.25, 0.3) is 0 Å². The van der Waals surface area contributed by atoms with Gasteiger partial charge in [0.2, 0.25) is 5.91 Å². The van der Waals surface area contributed by atoms with Crippen LogP contribution in [0.3, 0.4) is 0 Å². The molecule has 0 bridgehead atoms. The van der Waals surface area contributed by atoms with Crippen LogP contribution in [0, 0.1) is 0 Å². The fourth-order valence-electron chi connectivity index (χ4n) is 2.81. The predicted octanol–water partition coefficient (Wildman–Crippen LogP) is 1.94. The Bertz CT molecular complexity index is 825. The number of carbonyl (C=O) groups is 3. The van der Waals surface area contributed by atoms with Crippen LogP contribution in [-0.4, -0.2) is 45.8 Å². The van der Waals surface area contributed by atoms with Gasteiger partial charge >= 0.3 is 5.97 Å². The molecule has 2 atom stereocenters. The number of nitrogens with one attached hydrogen (secondary N) is 2. The molecule has 0 saturated carbocycles. The first kappa shape index (κ1) is 18.3. The molecule has 0 spiro atoms. The van der Waals surface area contributed by atoms with Crippen molar-refractivity contribution in [3.63, 3.8) is 0 Å². The molecular formula is C17H16ClN3O4S. The molecule has 7 nitrogen and oxygen atoms in total. The van der Waals surface area contributed by atoms with Crippen molar-refractivity contribution >= 4 is 46.8 Å². The minimum absolute atomic E-state index is 0.00401. The Morgan fingerprint density at radius 3 is 2.65 bits per heavy atom. The Hall–Kier alpha value is -2.45. The van der Waals surface area contributed by atoms with Crippen molar-refractivity contribution in [2.24, 2.45) is 0 Å². The lowest BCUT2D eigenvalue weighted by Gasteiger charge is -2.49. The molecule has 0 aliphatic carbocycles. The fourth-order valence-corrected chi connectivity index (χ4v) is 4.34. The lowest BCUT2D eigenvalue weighted by molar-refractivity contribution is -0.150. The number of halogens is 1. The van der Waals surface area contributed by atoms with E-state index in [4.69, 9.17) is 11.6 Å². The van der Waals surface area contributed by atoms with E-state index in [1.54, 1.807) is 6.92 Å². The van der Waals surface area contributed by atoms with Crippen LogP contribution in [0.15, 0.2) is 52.0 Å². The highest BCUT2D eigenvalue weighted by Gasteiger charge is 2.54. The molecule has 0 aromatic heterocycles. The number of para-hydroxylation sites is 1. The van der Waals surface area contributed by atoms with Gasteiger partial charge in [-0.05, 0) is 24.6 Å². The number of carboxylic acids is 1. The molecule has 2 amide bonds. The highest BCUT2D eigenvalue weighted by molar-refractivity contribution is 8.04. The van der Waals surface area contributed by atoms with Gasteiger partial charge < -0.3 is 15.7 Å². The summed E-state index contributed by atoms with van der Waals surface area (Å²) in [7, 11) is 0. The number of fused-ring (bicyclic) bond motifs is 1. The standard InChI is InChI=1S/C17H16ClN3O4S/c1-9-11(7-18)26-16-13(15(23)21(16)14(9)17(24)25)20-12(22)8-19-10-5-3-2-4-6-10/h2-7,13,16,19H,8H2,1H3,(H,20,22)(H,24,25)/t13?,16-/m0/s1. The van der Waals surface area contributed by atoms with E-state index in [2.05, 4.69) is 10.6 Å². The normalized spacial score (nSPS) is 23.4. The molecule has 0 radical (unpaired) electrons. The Morgan fingerprint density at radius 2 is 2.04 bits per heavy atom. The molecule has 3 N–H and O–H groups in total. The first-order valence-electron chi connectivity index (χ1n) is 7.77. The molecule has 2 aliphatic heterocycles. The van der Waals surface area contributed by atoms with Crippen molar-refractivity contribution in [2.45, 2.75) is 18.3 Å². The van der Waals surface area contributed by atoms with Crippen molar-refractivity contribution in [1.82, 2.24) is 10.2 Å². The van der Waals surface area contributed by atoms with Crippen molar-refractivity contribution in [3.05, 3.63) is 52.0 Å². The Balaban J connectivity index is 1.67. The largest absolute Gasteiger partial charge is 0.477 e. The van der Waals surface area contributed by atoms with Crippen LogP contribution in [-0.2, 0) is 14.4 Å². The topological polar surface area (TPSA) is 98.7 Å². The Morgan fingerprint density at radius 1 is 1.35 bits per heavy atom. The number of rotatable bonds is 5. The number of amides is 2. The summed E-state index contributed by atoms with van der Waals surface area (Å²) in [6.45, 7) is 1.61. The van der Waals surface area contributed by atoms with E-state index in [1.807, 2.05) is 30.3 Å². The quantitative estimate of drug-likeness (QED) is 0.661. The van der Waals surface area contributed by atoms with Gasteiger partial charge in [-0.3, -0.25) is 14.5 Å². The number of carboxylic acid groups (broad SMARTS) is 1. The number of nitrogens with zero attached hydrogens (tertiary/aromatic N) is 1. The van der Waals surface area contributed by atoms with Crippen LogP contribution in [0.1, 0.15) is 6.92 Å². The summed E-state index contributed by atoms with van der Waals surface area (Å²) in [5, 5.41) is 14.5. The van der Waals surface area contributed by atoms with E-state index in [0.29, 0.717) is 10.5 Å². The molecule has 1 saturated heterocycles. The molecule has 2 aliphatic rings. The molecule has 1 aromatic carbocycles. The molecule has 3 rings (SSSR count). The van der Waals surface area contributed by atoms with Crippen LogP contribution in [0.4, 0.5) is 5.69 Å². The molecule has 136 valence electrons. The van der Waals surface area contributed by atoms with E-state index in [-0.39, 0.29) is 18.1 Å². The smallest absolute Gasteiger partial charge is 0.352 e. The number of anilines is 1. The lowest BCUT2D eigenvalue weighted by Crippen LogP contribution is -2.70. The van der Waals surface area contributed by atoms with Gasteiger partial charge in [-0.2, -0.15) is 0 Å². The second-order valence-electron chi connectivity index (χ2n) is 5.73. The molecular weight excluding hydrogens is 378 g/mol. The Labute approximate surface area is 159 Å². The fraction of sp³-hybridized carbons (Fsp3) is 0.235. The van der Waals surface area contributed by atoms with Crippen LogP contribution >= 0.6 is 23.4 Å². The molecule has 9 heteroatoms. The van der Waals surface area contributed by atoms with Gasteiger partial charge in [0.05, 0.1) is 6.54 Å². The van der Waals surface area contributed by atoms with Crippen molar-refractivity contribution in [2.75, 3.05) is 11.9 Å². The summed E-state index contributed by atoms with van der Waals surface area (Å²) in [4.78, 5) is 37.8. The lowest BCUT2D eigenvalue weighted by atomic mass is 10.0. The summed E-state index contributed by atoms with van der Waals surface area (Å²) in [6, 6.07) is 8.40. The monoisotopic (exact) mass is 393 g/mol. The minimum Gasteiger partial charge on any atom is -0.477 e. The highest BCUT2D eigenvalue weighted by atomic mass is 35.5. The second-order valence-corrected chi connectivity index (χ2v) is 7.11. The van der Waals surface area contributed by atoms with Crippen molar-refractivity contribution < 1.29 is 19.5 Å². The zero-order valence-electron chi connectivity index (χ0n) is 13.7. The van der Waals surface area contributed by atoms with Gasteiger partial charge in [-0.25, -0.2) is 4.79 Å². The van der Waals surface area contributed by atoms with E-state index >= 15 is 0 Å². The van der Waals surface area contributed by atoms with Gasteiger partial charge in [0.25, 0.3) is 5.91 Å². The third-order valence-electron chi connectivity index (χ3n) is 4.10. The first-order valence-corrected chi connectivity index (χ1v) is 9.08. The predicted molar refractivity (Wildman–Crippen MR) is 99.4 cm³/mol. The van der Waals surface area contributed by atoms with Gasteiger partial charge in [0.15, 0.2) is 0 Å². The molecule has 1 fully saturated rings. The number of aliphatic carboxylic acids is 1. The number of hydrogen-bond donors (Lipinski definition) is 3. The second kappa shape index (κ2) is 7.43. The number of hydrogen-bond acceptors (Lipinski definition) is 5. The molecule has 2 heterocycles. The van der Waals surface area contributed by atoms with E-state index < -0.39 is 23.3 Å². The zero-order valence-corrected chi connectivity index (χ0v) is 15.3. The number of benzene rings is 1. The maximum atomic E-state index is 12.4. The zero-order chi connectivity index (χ0) is 18.8. The molecule has 1 unspecified atom stereocenters. The average Bonchev–Trinajstić information content (AvgIpc) is 2.64. The van der Waals surface area contributed by atoms with Crippen molar-refractivity contribution in [1.29, 1.82) is 0 Å². The van der Waals surface area contributed by atoms with E-state index in [1.165, 1.54) is 22.2 Å². The maximum absolute atomic E-state index is 12.4. The van der Waals surface area contributed by atoms with Gasteiger partial charge in [0, 0.05) is 16.1 Å². The maximum Gasteiger partial charge on any atom is 0.352 e. The SMILES string of the molecule is CC1=C(C(=O)O)N2C(=O)C(NC(=O)CNc3ccccc3)[C@@H]2SC1=CCl. The summed E-state index contributed by atoms with van der Waals surface area (Å²) in [5.74, 6) is -2.00. The number of allylic oxidation sites excluding steroid dienone is 1. The number of β-lactam (4-membered cyclic amide) rings is 1. The van der Waals surface area contributed by atoms with Crippen LogP contribution in [0.2, 0.25) is 0 Å². The van der Waals surface area contributed by atoms with Crippen LogP contribution in [0.5, 0.6) is 0 Å². The highest BCUT2D eigenvalue weighted by Crippen LogP contribution is 2.46. The van der Waals surface area contributed by atoms with E-state index in [9.17, 15) is 19.5 Å². The minimum atomic E-state index is -1.20. The average molecular weight is 394 g/mol. The molecule has 1 aromatic rings. The summed E-state index contributed by atoms with van der Waals surface area (Å²) in [6.07, 6.45) is 0. The van der Waals surface area contributed by atoms with Gasteiger partial charge in [-0.1, -0.05) is 41.6 Å². The van der Waals surface area contributed by atoms with Gasteiger partial charge in [-0.15, -0.1) is 0 Å². The third kappa shape index (κ3) is 3.30. The van der Waals surface area contributed by atoms with Crippen molar-refractivity contribution in [3.8, 4) is 0 Å². The third-order valence-corrected chi connectivity index (χ3v) is 5.85. The van der Waals surface area contributed by atoms with Crippen LogP contribution < -0.4 is 10.6 Å². The van der Waals surface area contributed by atoms with Gasteiger partial charge in [0.1, 0.15) is 17.1 Å². The Kier molecular flexibility index (Phi) is 5.24. The first-order chi connectivity index (χ1) is 12.4.